The summed E-state index contributed by atoms with van der Waals surface area (Å²) in [6, 6.07) is 5.69. The number of aliphatic imine (C=N–C) groups is 1. The number of halogens is 1. The first-order valence-corrected chi connectivity index (χ1v) is 9.22. The molecule has 0 bridgehead atoms. The summed E-state index contributed by atoms with van der Waals surface area (Å²) < 4.78 is 0. The first-order chi connectivity index (χ1) is 12.5. The molecule has 2 heterocycles. The smallest absolute Gasteiger partial charge is 0.0919 e. The first kappa shape index (κ1) is 19.9. The summed E-state index contributed by atoms with van der Waals surface area (Å²) in [5.74, 6) is 0.540. The molecule has 138 valence electrons. The van der Waals surface area contributed by atoms with E-state index in [-0.39, 0.29) is 0 Å². The van der Waals surface area contributed by atoms with Gasteiger partial charge in [-0.1, -0.05) is 38.8 Å². The molecule has 0 aliphatic heterocycles. The summed E-state index contributed by atoms with van der Waals surface area (Å²) in [5.41, 5.74) is 9.79. The molecule has 6 heteroatoms. The van der Waals surface area contributed by atoms with Crippen LogP contribution in [0.2, 0.25) is 5.02 Å². The summed E-state index contributed by atoms with van der Waals surface area (Å²) in [5, 5.41) is 3.84. The van der Waals surface area contributed by atoms with Crippen molar-refractivity contribution in [2.24, 2.45) is 16.6 Å². The fourth-order valence-electron chi connectivity index (χ4n) is 2.33. The van der Waals surface area contributed by atoms with Crippen molar-refractivity contribution in [3.63, 3.8) is 0 Å². The van der Waals surface area contributed by atoms with Gasteiger partial charge in [-0.05, 0) is 30.5 Å². The Labute approximate surface area is 160 Å². The van der Waals surface area contributed by atoms with Crippen LogP contribution in [0.4, 0.5) is 11.4 Å². The van der Waals surface area contributed by atoms with E-state index in [0.29, 0.717) is 22.2 Å². The summed E-state index contributed by atoms with van der Waals surface area (Å²) in [6.07, 6.45) is 8.65. The van der Waals surface area contributed by atoms with Gasteiger partial charge in [0.15, 0.2) is 0 Å². The molecular weight excluding hydrogens is 346 g/mol. The van der Waals surface area contributed by atoms with Crippen molar-refractivity contribution < 1.29 is 0 Å². The minimum Gasteiger partial charge on any atom is -0.404 e. The van der Waals surface area contributed by atoms with Gasteiger partial charge in [-0.25, -0.2) is 0 Å². The van der Waals surface area contributed by atoms with Crippen LogP contribution in [0.3, 0.4) is 0 Å². The lowest BCUT2D eigenvalue weighted by Gasteiger charge is -2.10. The first-order valence-electron chi connectivity index (χ1n) is 8.84. The average Bonchev–Trinajstić information content (AvgIpc) is 2.62. The second-order valence-electron chi connectivity index (χ2n) is 6.46. The lowest BCUT2D eigenvalue weighted by atomic mass is 10.2. The van der Waals surface area contributed by atoms with Crippen molar-refractivity contribution >= 4 is 34.8 Å². The summed E-state index contributed by atoms with van der Waals surface area (Å²) in [6.45, 7) is 7.28. The van der Waals surface area contributed by atoms with Crippen LogP contribution >= 0.6 is 11.6 Å². The van der Waals surface area contributed by atoms with Gasteiger partial charge in [0.1, 0.15) is 0 Å². The summed E-state index contributed by atoms with van der Waals surface area (Å²) >= 11 is 6.40. The molecule has 2 aromatic heterocycles. The molecule has 0 fully saturated rings. The van der Waals surface area contributed by atoms with Gasteiger partial charge in [-0.15, -0.1) is 0 Å². The molecule has 0 aliphatic carbocycles. The molecule has 2 rings (SSSR count). The van der Waals surface area contributed by atoms with Crippen LogP contribution in [0.15, 0.2) is 41.8 Å². The molecule has 26 heavy (non-hydrogen) atoms. The van der Waals surface area contributed by atoms with Crippen molar-refractivity contribution in [2.45, 2.75) is 33.6 Å². The molecule has 0 aromatic carbocycles. The van der Waals surface area contributed by atoms with Crippen molar-refractivity contribution in [3.05, 3.63) is 53.2 Å². The highest BCUT2D eigenvalue weighted by Crippen LogP contribution is 2.24. The zero-order valence-corrected chi connectivity index (χ0v) is 16.3. The molecule has 0 saturated carbocycles. The Hall–Kier alpha value is -2.40. The molecule has 0 saturated heterocycles. The summed E-state index contributed by atoms with van der Waals surface area (Å²) in [7, 11) is 0. The van der Waals surface area contributed by atoms with Gasteiger partial charge in [0, 0.05) is 36.4 Å². The second kappa shape index (κ2) is 9.92. The lowest BCUT2D eigenvalue weighted by molar-refractivity contribution is 0.688. The Bertz CT molecular complexity index is 784. The van der Waals surface area contributed by atoms with E-state index in [2.05, 4.69) is 41.0 Å². The number of pyridine rings is 2. The zero-order valence-electron chi connectivity index (χ0n) is 15.5. The van der Waals surface area contributed by atoms with Crippen LogP contribution in [0.25, 0.3) is 5.57 Å². The molecule has 5 nitrogen and oxygen atoms in total. The number of nitrogens with two attached hydrogens (primary N) is 1. The number of nitrogens with one attached hydrogen (secondary N) is 1. The molecular formula is C20H26ClN5. The molecule has 0 radical (unpaired) electrons. The number of aromatic nitrogens is 2. The van der Waals surface area contributed by atoms with Crippen LogP contribution in [0.5, 0.6) is 0 Å². The van der Waals surface area contributed by atoms with Gasteiger partial charge in [-0.3, -0.25) is 15.0 Å². The molecule has 0 aliphatic rings. The Morgan fingerprint density at radius 2 is 2.15 bits per heavy atom. The van der Waals surface area contributed by atoms with Crippen LogP contribution in [0.1, 0.15) is 38.6 Å². The number of anilines is 1. The van der Waals surface area contributed by atoms with Gasteiger partial charge in [-0.2, -0.15) is 0 Å². The Morgan fingerprint density at radius 3 is 2.81 bits per heavy atom. The maximum Gasteiger partial charge on any atom is 0.0919 e. The van der Waals surface area contributed by atoms with Crippen molar-refractivity contribution in [1.29, 1.82) is 0 Å². The molecule has 2 aromatic rings. The third-order valence-corrected chi connectivity index (χ3v) is 3.96. The molecule has 0 unspecified atom stereocenters. The van der Waals surface area contributed by atoms with Crippen LogP contribution < -0.4 is 11.1 Å². The van der Waals surface area contributed by atoms with Crippen molar-refractivity contribution in [1.82, 2.24) is 9.97 Å². The minimum absolute atomic E-state index is 0.531. The molecule has 0 amide bonds. The minimum atomic E-state index is 0.531. The topological polar surface area (TPSA) is 76.2 Å². The molecule has 0 spiro atoms. The Morgan fingerprint density at radius 1 is 1.35 bits per heavy atom. The van der Waals surface area contributed by atoms with Crippen LogP contribution in [0, 0.1) is 5.92 Å². The predicted molar refractivity (Wildman–Crippen MR) is 111 cm³/mol. The Kier molecular flexibility index (Phi) is 7.60. The van der Waals surface area contributed by atoms with E-state index in [1.165, 1.54) is 6.20 Å². The van der Waals surface area contributed by atoms with Crippen molar-refractivity contribution in [2.75, 3.05) is 11.9 Å². The van der Waals surface area contributed by atoms with E-state index in [9.17, 15) is 0 Å². The largest absolute Gasteiger partial charge is 0.404 e. The van der Waals surface area contributed by atoms with E-state index < -0.39 is 0 Å². The fourth-order valence-corrected chi connectivity index (χ4v) is 2.61. The highest BCUT2D eigenvalue weighted by atomic mass is 35.5. The number of hydrogen-bond donors (Lipinski definition) is 2. The number of aryl methyl sites for hydroxylation is 1. The van der Waals surface area contributed by atoms with E-state index in [0.717, 1.165) is 36.5 Å². The average molecular weight is 372 g/mol. The zero-order chi connectivity index (χ0) is 18.9. The van der Waals surface area contributed by atoms with E-state index in [1.54, 1.807) is 18.6 Å². The van der Waals surface area contributed by atoms with E-state index in [4.69, 9.17) is 17.3 Å². The highest BCUT2D eigenvalue weighted by molar-refractivity contribution is 6.33. The normalized spacial score (nSPS) is 12.1. The highest BCUT2D eigenvalue weighted by Gasteiger charge is 2.08. The Balaban J connectivity index is 2.17. The van der Waals surface area contributed by atoms with Gasteiger partial charge in [0.2, 0.25) is 0 Å². The second-order valence-corrected chi connectivity index (χ2v) is 6.87. The van der Waals surface area contributed by atoms with E-state index in [1.807, 2.05) is 18.2 Å². The third kappa shape index (κ3) is 5.85. The number of hydrogen-bond acceptors (Lipinski definition) is 5. The third-order valence-electron chi connectivity index (χ3n) is 3.67. The summed E-state index contributed by atoms with van der Waals surface area (Å²) in [4.78, 5) is 13.3. The maximum absolute atomic E-state index is 6.40. The SMILES string of the molecule is CCCc1cc(N=CC(=CN)c2ncc(NCC(C)C)cc2Cl)ccn1. The lowest BCUT2D eigenvalue weighted by Crippen LogP contribution is -2.08. The molecule has 3 N–H and O–H groups in total. The van der Waals surface area contributed by atoms with Gasteiger partial charge in [0.25, 0.3) is 0 Å². The number of nitrogens with zero attached hydrogens (tertiary/aromatic N) is 3. The fraction of sp³-hybridized carbons (Fsp3) is 0.350. The number of allylic oxidation sites excluding steroid dienone is 1. The van der Waals surface area contributed by atoms with Gasteiger partial charge >= 0.3 is 0 Å². The molecule has 0 atom stereocenters. The standard InChI is InChI=1S/C20H26ClN5/c1-4-5-16-8-17(6-7-23-16)25-12-15(10-22)20-19(21)9-18(13-26-20)24-11-14(2)3/h6-10,12-14,24H,4-5,11,22H2,1-3H3. The maximum atomic E-state index is 6.40. The van der Waals surface area contributed by atoms with Crippen LogP contribution in [-0.4, -0.2) is 22.7 Å². The van der Waals surface area contributed by atoms with E-state index >= 15 is 0 Å². The van der Waals surface area contributed by atoms with Crippen LogP contribution in [-0.2, 0) is 6.42 Å². The predicted octanol–water partition coefficient (Wildman–Crippen LogP) is 4.85. The van der Waals surface area contributed by atoms with Gasteiger partial charge < -0.3 is 11.1 Å². The van der Waals surface area contributed by atoms with Crippen molar-refractivity contribution in [3.8, 4) is 0 Å². The monoisotopic (exact) mass is 371 g/mol. The van der Waals surface area contributed by atoms with Gasteiger partial charge in [0.05, 0.1) is 28.3 Å². The number of rotatable bonds is 8. The quantitative estimate of drug-likeness (QED) is 0.650.